The number of halogens is 2. The molecule has 0 aliphatic carbocycles. The van der Waals surface area contributed by atoms with Gasteiger partial charge in [0.05, 0.1) is 10.9 Å². The number of rotatable bonds is 4. The van der Waals surface area contributed by atoms with Crippen LogP contribution in [0.25, 0.3) is 0 Å². The predicted octanol–water partition coefficient (Wildman–Crippen LogP) is 4.73. The minimum absolute atomic E-state index is 0.0671. The molecule has 0 amide bonds. The average molecular weight is 422 g/mol. The molecule has 3 rings (SSSR count). The third kappa shape index (κ3) is 3.87. The zero-order valence-electron chi connectivity index (χ0n) is 14.5. The van der Waals surface area contributed by atoms with Crippen LogP contribution in [0.4, 0.5) is 0 Å². The Morgan fingerprint density at radius 1 is 1.15 bits per heavy atom. The fraction of sp³-hybridized carbons (Fsp3) is 0.150. The van der Waals surface area contributed by atoms with Gasteiger partial charge in [0.1, 0.15) is 6.29 Å². The molecule has 0 N–H and O–H groups in total. The molecule has 0 spiro atoms. The van der Waals surface area contributed by atoms with Crippen LogP contribution < -0.4 is 0 Å². The summed E-state index contributed by atoms with van der Waals surface area (Å²) in [5.41, 5.74) is 2.30. The first-order valence-corrected chi connectivity index (χ1v) is 10.3. The topological polar surface area (TPSA) is 54.5 Å². The van der Waals surface area contributed by atoms with E-state index in [-0.39, 0.29) is 11.4 Å². The molecule has 2 aromatic carbocycles. The molecule has 1 aliphatic heterocycles. The van der Waals surface area contributed by atoms with Gasteiger partial charge in [0.15, 0.2) is 0 Å². The van der Waals surface area contributed by atoms with Gasteiger partial charge in [0.25, 0.3) is 0 Å². The summed E-state index contributed by atoms with van der Waals surface area (Å²) in [6.07, 6.45) is 2.24. The Labute approximate surface area is 168 Å². The largest absolute Gasteiger partial charge is 0.298 e. The Bertz CT molecular complexity index is 1040. The van der Waals surface area contributed by atoms with Gasteiger partial charge in [-0.05, 0) is 48.4 Å². The molecule has 0 saturated heterocycles. The van der Waals surface area contributed by atoms with Crippen LogP contribution in [0.3, 0.4) is 0 Å². The van der Waals surface area contributed by atoms with Crippen LogP contribution >= 0.6 is 23.2 Å². The van der Waals surface area contributed by atoms with Gasteiger partial charge in [0.2, 0.25) is 10.0 Å². The quantitative estimate of drug-likeness (QED) is 0.670. The Morgan fingerprint density at radius 3 is 2.41 bits per heavy atom. The maximum atomic E-state index is 13.3. The van der Waals surface area contributed by atoms with Crippen molar-refractivity contribution in [2.75, 3.05) is 6.54 Å². The maximum Gasteiger partial charge on any atom is 0.244 e. The number of benzene rings is 2. The number of aryl methyl sites for hydroxylation is 1. The molecule has 1 heterocycles. The zero-order chi connectivity index (χ0) is 19.8. The second kappa shape index (κ2) is 7.60. The van der Waals surface area contributed by atoms with E-state index in [0.29, 0.717) is 33.0 Å². The van der Waals surface area contributed by atoms with Gasteiger partial charge in [-0.2, -0.15) is 4.31 Å². The summed E-state index contributed by atoms with van der Waals surface area (Å²) in [5.74, 6) is 0. The summed E-state index contributed by atoms with van der Waals surface area (Å²) in [6, 6.07) is 10.7. The van der Waals surface area contributed by atoms with Crippen molar-refractivity contribution < 1.29 is 13.2 Å². The summed E-state index contributed by atoms with van der Waals surface area (Å²) in [5, 5.41) is 0.781. The lowest BCUT2D eigenvalue weighted by atomic mass is 9.94. The lowest BCUT2D eigenvalue weighted by Gasteiger charge is -2.35. The van der Waals surface area contributed by atoms with E-state index in [0.717, 1.165) is 5.56 Å². The molecule has 0 fully saturated rings. The molecule has 0 radical (unpaired) electrons. The molecule has 4 nitrogen and oxygen atoms in total. The molecular weight excluding hydrogens is 405 g/mol. The molecule has 1 atom stereocenters. The third-order valence-electron chi connectivity index (χ3n) is 4.38. The number of carbonyl (C=O) groups excluding carboxylic acids is 1. The van der Waals surface area contributed by atoms with Crippen molar-refractivity contribution in [1.29, 1.82) is 0 Å². The highest BCUT2D eigenvalue weighted by atomic mass is 35.5. The van der Waals surface area contributed by atoms with E-state index in [4.69, 9.17) is 23.2 Å². The fourth-order valence-electron chi connectivity index (χ4n) is 3.04. The van der Waals surface area contributed by atoms with Crippen LogP contribution in [0.5, 0.6) is 0 Å². The first-order chi connectivity index (χ1) is 12.7. The second-order valence-electron chi connectivity index (χ2n) is 6.34. The van der Waals surface area contributed by atoms with Gasteiger partial charge in [-0.3, -0.25) is 4.79 Å². The Morgan fingerprint density at radius 2 is 1.81 bits per heavy atom. The fourth-order valence-corrected chi connectivity index (χ4v) is 5.15. The summed E-state index contributed by atoms with van der Waals surface area (Å²) in [4.78, 5) is 11.5. The number of carbonyl (C=O) groups is 1. The Kier molecular flexibility index (Phi) is 5.58. The standard InChI is InChI=1S/C20H17Cl2NO3S/c1-13-3-6-17(7-4-13)27(25,26)23-11-15(12-24)9-14(2)20(23)18-8-5-16(21)10-19(18)22/h3-10,12,20H,2,11H2,1H3. The van der Waals surface area contributed by atoms with Crippen LogP contribution in [0.1, 0.15) is 17.2 Å². The lowest BCUT2D eigenvalue weighted by molar-refractivity contribution is -0.105. The molecule has 1 aliphatic rings. The number of sulfonamides is 1. The van der Waals surface area contributed by atoms with Crippen molar-refractivity contribution in [1.82, 2.24) is 4.31 Å². The van der Waals surface area contributed by atoms with E-state index >= 15 is 0 Å². The molecule has 7 heteroatoms. The van der Waals surface area contributed by atoms with Crippen LogP contribution in [0, 0.1) is 6.92 Å². The summed E-state index contributed by atoms with van der Waals surface area (Å²) in [6.45, 7) is 5.78. The molecular formula is C20H17Cl2NO3S. The van der Waals surface area contributed by atoms with Crippen molar-refractivity contribution in [3.8, 4) is 0 Å². The van der Waals surface area contributed by atoms with Gasteiger partial charge in [-0.1, -0.05) is 53.5 Å². The normalized spacial score (nSPS) is 18.3. The number of hydrogen-bond acceptors (Lipinski definition) is 3. The van der Waals surface area contributed by atoms with E-state index < -0.39 is 16.1 Å². The van der Waals surface area contributed by atoms with E-state index in [1.165, 1.54) is 4.31 Å². The highest BCUT2D eigenvalue weighted by Crippen LogP contribution is 2.40. The second-order valence-corrected chi connectivity index (χ2v) is 9.08. The Hall–Kier alpha value is -1.92. The third-order valence-corrected chi connectivity index (χ3v) is 6.77. The van der Waals surface area contributed by atoms with Gasteiger partial charge >= 0.3 is 0 Å². The highest BCUT2D eigenvalue weighted by molar-refractivity contribution is 7.89. The van der Waals surface area contributed by atoms with Gasteiger partial charge < -0.3 is 0 Å². The van der Waals surface area contributed by atoms with Crippen molar-refractivity contribution in [2.45, 2.75) is 17.9 Å². The first-order valence-electron chi connectivity index (χ1n) is 8.12. The zero-order valence-corrected chi connectivity index (χ0v) is 16.9. The predicted molar refractivity (Wildman–Crippen MR) is 108 cm³/mol. The molecule has 0 bridgehead atoms. The van der Waals surface area contributed by atoms with E-state index in [9.17, 15) is 13.2 Å². The molecule has 27 heavy (non-hydrogen) atoms. The van der Waals surface area contributed by atoms with Gasteiger partial charge in [-0.25, -0.2) is 8.42 Å². The lowest BCUT2D eigenvalue weighted by Crippen LogP contribution is -2.39. The van der Waals surface area contributed by atoms with Crippen LogP contribution in [0.2, 0.25) is 10.0 Å². The number of nitrogens with zero attached hydrogens (tertiary/aromatic N) is 1. The highest BCUT2D eigenvalue weighted by Gasteiger charge is 2.37. The Balaban J connectivity index is 2.16. The van der Waals surface area contributed by atoms with E-state index in [1.54, 1.807) is 48.5 Å². The number of hydrogen-bond donors (Lipinski definition) is 0. The SMILES string of the molecule is C=C1C=C(C=O)CN(S(=O)(=O)c2ccc(C)cc2)C1c1ccc(Cl)cc1Cl. The maximum absolute atomic E-state index is 13.3. The summed E-state index contributed by atoms with van der Waals surface area (Å²) >= 11 is 12.3. The molecule has 1 unspecified atom stereocenters. The minimum atomic E-state index is -3.90. The van der Waals surface area contributed by atoms with Gasteiger partial charge in [-0.15, -0.1) is 0 Å². The molecule has 140 valence electrons. The smallest absolute Gasteiger partial charge is 0.244 e. The van der Waals surface area contributed by atoms with E-state index in [2.05, 4.69) is 6.58 Å². The number of aldehydes is 1. The summed E-state index contributed by atoms with van der Waals surface area (Å²) < 4.78 is 27.9. The average Bonchev–Trinajstić information content (AvgIpc) is 2.62. The monoisotopic (exact) mass is 421 g/mol. The van der Waals surface area contributed by atoms with Crippen molar-refractivity contribution >= 4 is 39.5 Å². The van der Waals surface area contributed by atoms with Crippen molar-refractivity contribution in [3.05, 3.63) is 87.4 Å². The molecule has 0 saturated carbocycles. The van der Waals surface area contributed by atoms with Crippen LogP contribution in [-0.4, -0.2) is 25.6 Å². The van der Waals surface area contributed by atoms with Gasteiger partial charge in [0, 0.05) is 22.2 Å². The molecule has 2 aromatic rings. The summed E-state index contributed by atoms with van der Waals surface area (Å²) in [7, 11) is -3.90. The van der Waals surface area contributed by atoms with Crippen LogP contribution in [0.15, 0.2) is 71.2 Å². The van der Waals surface area contributed by atoms with Crippen molar-refractivity contribution in [2.24, 2.45) is 0 Å². The molecule has 0 aromatic heterocycles. The van der Waals surface area contributed by atoms with Crippen LogP contribution in [-0.2, 0) is 14.8 Å². The van der Waals surface area contributed by atoms with E-state index in [1.807, 2.05) is 6.92 Å². The first kappa shape index (κ1) is 19.8. The minimum Gasteiger partial charge on any atom is -0.298 e. The van der Waals surface area contributed by atoms with Crippen molar-refractivity contribution in [3.63, 3.8) is 0 Å².